The third kappa shape index (κ3) is 1.48. The fraction of sp³-hybridized carbons (Fsp3) is 0.625. The van der Waals surface area contributed by atoms with Crippen LogP contribution in [0.4, 0.5) is 0 Å². The molecule has 2 unspecified atom stereocenters. The lowest BCUT2D eigenvalue weighted by atomic mass is 9.98. The van der Waals surface area contributed by atoms with Gasteiger partial charge in [0.15, 0.2) is 0 Å². The minimum Gasteiger partial charge on any atom is -0.363 e. The summed E-state index contributed by atoms with van der Waals surface area (Å²) in [6.45, 7) is 3.83. The van der Waals surface area contributed by atoms with Crippen molar-refractivity contribution < 1.29 is 9.32 Å². The number of hydrogen-bond donors (Lipinski definition) is 2. The largest absolute Gasteiger partial charge is 0.363 e. The van der Waals surface area contributed by atoms with E-state index in [0.717, 1.165) is 13.1 Å². The van der Waals surface area contributed by atoms with Gasteiger partial charge in [-0.2, -0.15) is 4.98 Å². The molecule has 2 rings (SSSR count). The van der Waals surface area contributed by atoms with E-state index in [1.807, 2.05) is 0 Å². The van der Waals surface area contributed by atoms with Crippen molar-refractivity contribution >= 4 is 5.91 Å². The molecule has 1 aromatic heterocycles. The van der Waals surface area contributed by atoms with Crippen molar-refractivity contribution in [1.29, 1.82) is 0 Å². The molecule has 14 heavy (non-hydrogen) atoms. The van der Waals surface area contributed by atoms with Gasteiger partial charge < -0.3 is 15.6 Å². The van der Waals surface area contributed by atoms with E-state index in [-0.39, 0.29) is 11.7 Å². The number of carbonyl (C=O) groups excluding carboxylic acids is 1. The van der Waals surface area contributed by atoms with Gasteiger partial charge in [0.1, 0.15) is 0 Å². The predicted molar refractivity (Wildman–Crippen MR) is 47.6 cm³/mol. The highest BCUT2D eigenvalue weighted by Crippen LogP contribution is 2.25. The number of aromatic nitrogens is 2. The SMILES string of the molecule is CC1CNCC1c1nc(C(N)=O)no1. The summed E-state index contributed by atoms with van der Waals surface area (Å²) in [6.07, 6.45) is 0. The first-order valence-electron chi connectivity index (χ1n) is 4.52. The molecule has 2 heterocycles. The highest BCUT2D eigenvalue weighted by molar-refractivity contribution is 5.88. The van der Waals surface area contributed by atoms with Crippen molar-refractivity contribution in [1.82, 2.24) is 15.5 Å². The number of hydrogen-bond acceptors (Lipinski definition) is 5. The highest BCUT2D eigenvalue weighted by atomic mass is 16.5. The fourth-order valence-corrected chi connectivity index (χ4v) is 1.63. The Balaban J connectivity index is 2.20. The number of carbonyl (C=O) groups is 1. The monoisotopic (exact) mass is 196 g/mol. The maximum atomic E-state index is 10.7. The first kappa shape index (κ1) is 9.14. The minimum atomic E-state index is -0.654. The predicted octanol–water partition coefficient (Wildman–Crippen LogP) is -0.509. The average Bonchev–Trinajstić information content (AvgIpc) is 2.71. The summed E-state index contributed by atoms with van der Waals surface area (Å²) in [7, 11) is 0. The Hall–Kier alpha value is -1.43. The molecule has 1 aliphatic heterocycles. The van der Waals surface area contributed by atoms with Crippen LogP contribution in [0, 0.1) is 5.92 Å². The first-order valence-corrected chi connectivity index (χ1v) is 4.52. The zero-order chi connectivity index (χ0) is 10.1. The molecule has 0 bridgehead atoms. The van der Waals surface area contributed by atoms with Gasteiger partial charge in [-0.15, -0.1) is 0 Å². The van der Waals surface area contributed by atoms with Crippen LogP contribution in [0.25, 0.3) is 0 Å². The summed E-state index contributed by atoms with van der Waals surface area (Å²) >= 11 is 0. The quantitative estimate of drug-likeness (QED) is 0.664. The summed E-state index contributed by atoms with van der Waals surface area (Å²) < 4.78 is 4.98. The summed E-state index contributed by atoms with van der Waals surface area (Å²) in [5.41, 5.74) is 5.02. The summed E-state index contributed by atoms with van der Waals surface area (Å²) in [4.78, 5) is 14.7. The lowest BCUT2D eigenvalue weighted by Crippen LogP contribution is -2.14. The van der Waals surface area contributed by atoms with Crippen LogP contribution in [0.3, 0.4) is 0 Å². The molecule has 1 amide bonds. The Morgan fingerprint density at radius 3 is 2.93 bits per heavy atom. The van der Waals surface area contributed by atoms with Gasteiger partial charge in [-0.3, -0.25) is 4.79 Å². The van der Waals surface area contributed by atoms with Crippen molar-refractivity contribution in [2.45, 2.75) is 12.8 Å². The fourth-order valence-electron chi connectivity index (χ4n) is 1.63. The summed E-state index contributed by atoms with van der Waals surface area (Å²) in [5.74, 6) is 0.431. The topological polar surface area (TPSA) is 94.0 Å². The molecular weight excluding hydrogens is 184 g/mol. The van der Waals surface area contributed by atoms with Gasteiger partial charge in [0, 0.05) is 6.54 Å². The maximum absolute atomic E-state index is 10.7. The Labute approximate surface area is 80.9 Å². The normalized spacial score (nSPS) is 26.6. The molecule has 76 valence electrons. The van der Waals surface area contributed by atoms with Crippen LogP contribution in [-0.4, -0.2) is 29.1 Å². The third-order valence-electron chi connectivity index (χ3n) is 2.50. The van der Waals surface area contributed by atoms with Crippen molar-refractivity contribution in [3.05, 3.63) is 11.7 Å². The Morgan fingerprint density at radius 2 is 2.43 bits per heavy atom. The summed E-state index contributed by atoms with van der Waals surface area (Å²) in [5, 5.41) is 6.72. The lowest BCUT2D eigenvalue weighted by Gasteiger charge is -2.06. The van der Waals surface area contributed by atoms with Crippen molar-refractivity contribution in [2.75, 3.05) is 13.1 Å². The van der Waals surface area contributed by atoms with Crippen molar-refractivity contribution in [2.24, 2.45) is 11.7 Å². The lowest BCUT2D eigenvalue weighted by molar-refractivity contribution is 0.0987. The second kappa shape index (κ2) is 3.38. The van der Waals surface area contributed by atoms with Crippen LogP contribution in [-0.2, 0) is 0 Å². The van der Waals surface area contributed by atoms with Gasteiger partial charge in [-0.1, -0.05) is 12.1 Å². The van der Waals surface area contributed by atoms with Crippen LogP contribution in [0.5, 0.6) is 0 Å². The molecule has 2 atom stereocenters. The molecule has 6 heteroatoms. The third-order valence-corrected chi connectivity index (χ3v) is 2.50. The average molecular weight is 196 g/mol. The maximum Gasteiger partial charge on any atom is 0.290 e. The second-order valence-electron chi connectivity index (χ2n) is 3.56. The van der Waals surface area contributed by atoms with Crippen LogP contribution in [0.15, 0.2) is 4.52 Å². The van der Waals surface area contributed by atoms with Gasteiger partial charge in [0.2, 0.25) is 5.89 Å². The van der Waals surface area contributed by atoms with E-state index in [2.05, 4.69) is 22.4 Å². The summed E-state index contributed by atoms with van der Waals surface area (Å²) in [6, 6.07) is 0. The number of nitrogens with two attached hydrogens (primary N) is 1. The van der Waals surface area contributed by atoms with Crippen LogP contribution < -0.4 is 11.1 Å². The molecule has 0 saturated carbocycles. The van der Waals surface area contributed by atoms with Gasteiger partial charge in [-0.25, -0.2) is 0 Å². The van der Waals surface area contributed by atoms with E-state index in [9.17, 15) is 4.79 Å². The molecule has 1 saturated heterocycles. The van der Waals surface area contributed by atoms with E-state index in [4.69, 9.17) is 10.3 Å². The molecule has 0 spiro atoms. The van der Waals surface area contributed by atoms with Gasteiger partial charge in [-0.05, 0) is 12.5 Å². The van der Waals surface area contributed by atoms with Crippen LogP contribution in [0.2, 0.25) is 0 Å². The number of primary amides is 1. The van der Waals surface area contributed by atoms with Gasteiger partial charge in [0.25, 0.3) is 11.7 Å². The van der Waals surface area contributed by atoms with E-state index in [0.29, 0.717) is 11.8 Å². The molecule has 1 fully saturated rings. The first-order chi connectivity index (χ1) is 6.68. The molecule has 6 nitrogen and oxygen atoms in total. The van der Waals surface area contributed by atoms with E-state index in [1.54, 1.807) is 0 Å². The molecule has 1 aliphatic rings. The number of rotatable bonds is 2. The molecular formula is C8H12N4O2. The number of amides is 1. The van der Waals surface area contributed by atoms with E-state index in [1.165, 1.54) is 0 Å². The van der Waals surface area contributed by atoms with Gasteiger partial charge >= 0.3 is 0 Å². The van der Waals surface area contributed by atoms with Crippen LogP contribution >= 0.6 is 0 Å². The number of nitrogens with one attached hydrogen (secondary N) is 1. The molecule has 0 aliphatic carbocycles. The van der Waals surface area contributed by atoms with Gasteiger partial charge in [0.05, 0.1) is 5.92 Å². The minimum absolute atomic E-state index is 0.0425. The molecule has 1 aromatic rings. The standard InChI is InChI=1S/C8H12N4O2/c1-4-2-10-3-5(4)8-11-7(6(9)13)12-14-8/h4-5,10H,2-3H2,1H3,(H2,9,13). The Bertz CT molecular complexity index is 349. The Kier molecular flexibility index (Phi) is 2.20. The van der Waals surface area contributed by atoms with Crippen molar-refractivity contribution in [3.8, 4) is 0 Å². The van der Waals surface area contributed by atoms with E-state index >= 15 is 0 Å². The molecule has 0 radical (unpaired) electrons. The second-order valence-corrected chi connectivity index (χ2v) is 3.56. The Morgan fingerprint density at radius 1 is 1.64 bits per heavy atom. The highest BCUT2D eigenvalue weighted by Gasteiger charge is 2.30. The molecule has 3 N–H and O–H groups in total. The van der Waals surface area contributed by atoms with E-state index < -0.39 is 5.91 Å². The zero-order valence-electron chi connectivity index (χ0n) is 7.86. The van der Waals surface area contributed by atoms with Crippen LogP contribution in [0.1, 0.15) is 29.4 Å². The van der Waals surface area contributed by atoms with Crippen molar-refractivity contribution in [3.63, 3.8) is 0 Å². The molecule has 0 aromatic carbocycles. The number of nitrogens with zero attached hydrogens (tertiary/aromatic N) is 2. The zero-order valence-corrected chi connectivity index (χ0v) is 7.86. The smallest absolute Gasteiger partial charge is 0.290 e.